The van der Waals surface area contributed by atoms with Crippen LogP contribution < -0.4 is 19.9 Å². The molecule has 0 saturated carbocycles. The van der Waals surface area contributed by atoms with Gasteiger partial charge in [-0.1, -0.05) is 30.0 Å². The van der Waals surface area contributed by atoms with Gasteiger partial charge in [0.1, 0.15) is 17.9 Å². The number of pyridine rings is 1. The number of nitrogens with zero attached hydrogens (tertiary/aromatic N) is 7. The second kappa shape index (κ2) is 13.4. The Morgan fingerprint density at radius 2 is 1.91 bits per heavy atom. The first-order chi connectivity index (χ1) is 21.5. The average Bonchev–Trinajstić information content (AvgIpc) is 3.62. The Labute approximate surface area is 259 Å². The lowest BCUT2D eigenvalue weighted by Crippen LogP contribution is -2.31. The second-order valence-electron chi connectivity index (χ2n) is 9.85. The van der Waals surface area contributed by atoms with Crippen molar-refractivity contribution in [1.82, 2.24) is 19.7 Å². The Hall–Kier alpha value is -4.96. The van der Waals surface area contributed by atoms with Crippen LogP contribution in [0.1, 0.15) is 16.7 Å². The van der Waals surface area contributed by atoms with Crippen LogP contribution in [-0.2, 0) is 22.7 Å². The number of carbonyl (C=O) groups is 2. The van der Waals surface area contributed by atoms with Crippen LogP contribution in [0.5, 0.6) is 5.75 Å². The van der Waals surface area contributed by atoms with E-state index in [1.165, 1.54) is 51.9 Å². The number of aromatic nitrogens is 4. The van der Waals surface area contributed by atoms with Gasteiger partial charge < -0.3 is 14.4 Å². The molecule has 0 spiro atoms. The Balaban J connectivity index is 1.20. The fourth-order valence-electron chi connectivity index (χ4n) is 4.36. The molecule has 1 aliphatic rings. The smallest absolute Gasteiger partial charge is 0.406 e. The molecule has 12 nitrogen and oxygen atoms in total. The van der Waals surface area contributed by atoms with Crippen molar-refractivity contribution in [3.8, 4) is 11.4 Å². The standard InChI is InChI=1S/C29H27F3N8O4S/c1-18-4-6-20(15-43-3)23(12-18)40-25(41)16-45-28(40)36-27(42)35-24-11-5-19(13-33-24)14-38(2)26-34-17-39(37-26)21-7-9-22(10-8-21)44-29(30,31)32/h4-13,17H,14-16H2,1-3H3,(H,33,35,42)/b36-28-. The normalized spacial score (nSPS) is 14.2. The number of halogens is 3. The quantitative estimate of drug-likeness (QED) is 0.259. The highest BCUT2D eigenvalue weighted by Crippen LogP contribution is 2.31. The number of methoxy groups -OCH3 is 1. The number of anilines is 3. The van der Waals surface area contributed by atoms with Crippen molar-refractivity contribution in [2.75, 3.05) is 35.0 Å². The summed E-state index contributed by atoms with van der Waals surface area (Å²) >= 11 is 1.17. The third-order valence-electron chi connectivity index (χ3n) is 6.38. The highest BCUT2D eigenvalue weighted by molar-refractivity contribution is 8.15. The predicted octanol–water partition coefficient (Wildman–Crippen LogP) is 5.32. The molecule has 0 bridgehead atoms. The minimum Gasteiger partial charge on any atom is -0.406 e. The molecule has 45 heavy (non-hydrogen) atoms. The van der Waals surface area contributed by atoms with Crippen molar-refractivity contribution >= 4 is 46.3 Å². The van der Waals surface area contributed by atoms with Crippen LogP contribution in [-0.4, -0.2) is 63.1 Å². The van der Waals surface area contributed by atoms with Crippen LogP contribution in [0.15, 0.2) is 72.1 Å². The lowest BCUT2D eigenvalue weighted by molar-refractivity contribution is -0.274. The lowest BCUT2D eigenvalue weighted by atomic mass is 10.1. The fraction of sp³-hybridized carbons (Fsp3) is 0.241. The lowest BCUT2D eigenvalue weighted by Gasteiger charge is -2.20. The fourth-order valence-corrected chi connectivity index (χ4v) is 5.21. The van der Waals surface area contributed by atoms with Gasteiger partial charge in [-0.3, -0.25) is 15.0 Å². The number of urea groups is 1. The van der Waals surface area contributed by atoms with E-state index >= 15 is 0 Å². The number of ether oxygens (including phenoxy) is 2. The average molecular weight is 641 g/mol. The molecular weight excluding hydrogens is 613 g/mol. The highest BCUT2D eigenvalue weighted by Gasteiger charge is 2.32. The molecule has 2 aromatic carbocycles. The van der Waals surface area contributed by atoms with Gasteiger partial charge in [-0.05, 0) is 54.4 Å². The number of nitrogens with one attached hydrogen (secondary N) is 1. The van der Waals surface area contributed by atoms with E-state index in [2.05, 4.69) is 30.1 Å². The number of benzene rings is 2. The summed E-state index contributed by atoms with van der Waals surface area (Å²) in [6.07, 6.45) is -1.75. The van der Waals surface area contributed by atoms with Gasteiger partial charge in [0.25, 0.3) is 0 Å². The maximum Gasteiger partial charge on any atom is 0.573 e. The van der Waals surface area contributed by atoms with Crippen molar-refractivity contribution < 1.29 is 32.2 Å². The predicted molar refractivity (Wildman–Crippen MR) is 163 cm³/mol. The SMILES string of the molecule is COCc1ccc(C)cc1N1C(=O)CS/C1=N\C(=O)Nc1ccc(CN(C)c2ncn(-c3ccc(OC(F)(F)F)cc3)n2)cn1. The molecule has 3 amide bonds. The Morgan fingerprint density at radius 1 is 1.13 bits per heavy atom. The molecule has 234 valence electrons. The molecule has 0 aliphatic carbocycles. The Bertz CT molecular complexity index is 1710. The van der Waals surface area contributed by atoms with Gasteiger partial charge in [-0.15, -0.1) is 18.3 Å². The molecule has 1 fully saturated rings. The van der Waals surface area contributed by atoms with Crippen LogP contribution in [0.25, 0.3) is 5.69 Å². The van der Waals surface area contributed by atoms with Gasteiger partial charge in [-0.2, -0.15) is 9.98 Å². The number of rotatable bonds is 9. The molecular formula is C29H27F3N8O4S. The summed E-state index contributed by atoms with van der Waals surface area (Å²) in [4.78, 5) is 41.4. The van der Waals surface area contributed by atoms with Crippen molar-refractivity contribution in [2.24, 2.45) is 4.99 Å². The van der Waals surface area contributed by atoms with E-state index in [4.69, 9.17) is 4.74 Å². The Kier molecular flexibility index (Phi) is 9.34. The first-order valence-electron chi connectivity index (χ1n) is 13.4. The summed E-state index contributed by atoms with van der Waals surface area (Å²) in [5.41, 5.74) is 3.66. The summed E-state index contributed by atoms with van der Waals surface area (Å²) in [6.45, 7) is 2.58. The molecule has 1 N–H and O–H groups in total. The maximum absolute atomic E-state index is 12.8. The van der Waals surface area contributed by atoms with Crippen LogP contribution in [0.2, 0.25) is 0 Å². The highest BCUT2D eigenvalue weighted by atomic mass is 32.2. The molecule has 0 unspecified atom stereocenters. The Morgan fingerprint density at radius 3 is 2.60 bits per heavy atom. The van der Waals surface area contributed by atoms with Crippen LogP contribution in [0, 0.1) is 6.92 Å². The molecule has 5 rings (SSSR count). The van der Waals surface area contributed by atoms with Gasteiger partial charge in [-0.25, -0.2) is 14.5 Å². The van der Waals surface area contributed by atoms with Crippen LogP contribution >= 0.6 is 11.8 Å². The van der Waals surface area contributed by atoms with Gasteiger partial charge in [0.15, 0.2) is 5.17 Å². The summed E-state index contributed by atoms with van der Waals surface area (Å²) in [6, 6.07) is 13.6. The van der Waals surface area contributed by atoms with Crippen molar-refractivity contribution in [2.45, 2.75) is 26.4 Å². The number of hydrogen-bond donors (Lipinski definition) is 1. The van der Waals surface area contributed by atoms with E-state index in [-0.39, 0.29) is 28.4 Å². The summed E-state index contributed by atoms with van der Waals surface area (Å²) in [5, 5.41) is 7.27. The summed E-state index contributed by atoms with van der Waals surface area (Å²) < 4.78 is 47.8. The largest absolute Gasteiger partial charge is 0.573 e. The van der Waals surface area contributed by atoms with E-state index in [9.17, 15) is 22.8 Å². The van der Waals surface area contributed by atoms with Crippen molar-refractivity contribution in [3.05, 3.63) is 83.8 Å². The number of amides is 3. The molecule has 1 saturated heterocycles. The van der Waals surface area contributed by atoms with E-state index in [0.29, 0.717) is 30.5 Å². The van der Waals surface area contributed by atoms with E-state index < -0.39 is 12.4 Å². The number of thioether (sulfide) groups is 1. The van der Waals surface area contributed by atoms with Crippen molar-refractivity contribution in [1.29, 1.82) is 0 Å². The van der Waals surface area contributed by atoms with Crippen LogP contribution in [0.3, 0.4) is 0 Å². The monoisotopic (exact) mass is 640 g/mol. The molecule has 3 heterocycles. The topological polar surface area (TPSA) is 127 Å². The molecule has 0 radical (unpaired) electrons. The van der Waals surface area contributed by atoms with Crippen molar-refractivity contribution in [3.63, 3.8) is 0 Å². The van der Waals surface area contributed by atoms with E-state index in [1.54, 1.807) is 37.4 Å². The third-order valence-corrected chi connectivity index (χ3v) is 7.30. The number of aryl methyl sites for hydroxylation is 1. The first-order valence-corrected chi connectivity index (χ1v) is 14.4. The molecule has 2 aromatic heterocycles. The molecule has 1 aliphatic heterocycles. The summed E-state index contributed by atoms with van der Waals surface area (Å²) in [7, 11) is 3.34. The number of aliphatic imine (C=N–C) groups is 1. The zero-order chi connectivity index (χ0) is 32.1. The number of carbonyl (C=O) groups excluding carboxylic acids is 2. The first kappa shape index (κ1) is 31.5. The zero-order valence-corrected chi connectivity index (χ0v) is 25.1. The molecule has 4 aromatic rings. The molecule has 16 heteroatoms. The van der Waals surface area contributed by atoms with Gasteiger partial charge >= 0.3 is 12.4 Å². The number of amidine groups is 1. The minimum atomic E-state index is -4.77. The minimum absolute atomic E-state index is 0.156. The third kappa shape index (κ3) is 7.96. The number of alkyl halides is 3. The van der Waals surface area contributed by atoms with Gasteiger partial charge in [0.2, 0.25) is 11.9 Å². The van der Waals surface area contributed by atoms with Crippen LogP contribution in [0.4, 0.5) is 35.4 Å². The number of hydrogen-bond acceptors (Lipinski definition) is 9. The van der Waals surface area contributed by atoms with E-state index in [0.717, 1.165) is 16.7 Å². The maximum atomic E-state index is 12.8. The molecule has 0 atom stereocenters. The second-order valence-corrected chi connectivity index (χ2v) is 10.8. The van der Waals surface area contributed by atoms with Gasteiger partial charge in [0, 0.05) is 32.5 Å². The zero-order valence-electron chi connectivity index (χ0n) is 24.3. The van der Waals surface area contributed by atoms with Gasteiger partial charge in [0.05, 0.1) is 23.7 Å². The van der Waals surface area contributed by atoms with E-state index in [1.807, 2.05) is 25.1 Å². The summed E-state index contributed by atoms with van der Waals surface area (Å²) in [5.74, 6) is 0.274.